The van der Waals surface area contributed by atoms with Crippen LogP contribution < -0.4 is 5.32 Å². The zero-order chi connectivity index (χ0) is 13.6. The second kappa shape index (κ2) is 4.27. The third kappa shape index (κ3) is 2.02. The van der Waals surface area contributed by atoms with E-state index in [2.05, 4.69) is 67.1 Å². The number of benzene rings is 1. The number of hydrogen-bond donors (Lipinski definition) is 1. The highest BCUT2D eigenvalue weighted by Gasteiger charge is 2.22. The van der Waals surface area contributed by atoms with Gasteiger partial charge in [0, 0.05) is 41.4 Å². The monoisotopic (exact) mass is 257 g/mol. The third-order valence-electron chi connectivity index (χ3n) is 4.52. The van der Waals surface area contributed by atoms with Crippen LogP contribution >= 0.6 is 0 Å². The maximum Gasteiger partial charge on any atom is 0.0485 e. The molecule has 1 aliphatic rings. The Labute approximate surface area is 115 Å². The molecule has 1 aromatic heterocycles. The number of likely N-dealkylation sites (N-methyl/N-ethyl adjacent to an activating group) is 1. The van der Waals surface area contributed by atoms with Gasteiger partial charge in [0.1, 0.15) is 0 Å². The molecule has 2 heterocycles. The fraction of sp³-hybridized carbons (Fsp3) is 0.500. The van der Waals surface area contributed by atoms with Gasteiger partial charge in [0.15, 0.2) is 0 Å². The van der Waals surface area contributed by atoms with Crippen LogP contribution in [-0.2, 0) is 13.0 Å². The summed E-state index contributed by atoms with van der Waals surface area (Å²) >= 11 is 0. The molecule has 1 aromatic carbocycles. The highest BCUT2D eigenvalue weighted by atomic mass is 15.2. The lowest BCUT2D eigenvalue weighted by molar-refractivity contribution is 0.171. The molecule has 3 rings (SSSR count). The number of nitrogens with zero attached hydrogens (tertiary/aromatic N) is 2. The van der Waals surface area contributed by atoms with Crippen molar-refractivity contribution in [1.29, 1.82) is 0 Å². The van der Waals surface area contributed by atoms with E-state index in [9.17, 15) is 0 Å². The number of nitrogens with one attached hydrogen (secondary N) is 1. The molecular weight excluding hydrogens is 234 g/mol. The summed E-state index contributed by atoms with van der Waals surface area (Å²) in [5.74, 6) is 0. The quantitative estimate of drug-likeness (QED) is 0.912. The van der Waals surface area contributed by atoms with E-state index < -0.39 is 0 Å². The van der Waals surface area contributed by atoms with Crippen molar-refractivity contribution in [3.8, 4) is 0 Å². The van der Waals surface area contributed by atoms with Crippen molar-refractivity contribution in [2.24, 2.45) is 0 Å². The first-order valence-corrected chi connectivity index (χ1v) is 7.01. The van der Waals surface area contributed by atoms with Crippen molar-refractivity contribution >= 4 is 16.6 Å². The molecule has 0 saturated carbocycles. The molecule has 0 radical (unpaired) electrons. The highest BCUT2D eigenvalue weighted by Crippen LogP contribution is 2.31. The summed E-state index contributed by atoms with van der Waals surface area (Å²) in [4.78, 5) is 2.29. The Morgan fingerprint density at radius 2 is 2.05 bits per heavy atom. The molecular formula is C16H23N3. The van der Waals surface area contributed by atoms with Crippen LogP contribution in [0.1, 0.15) is 19.4 Å². The van der Waals surface area contributed by atoms with Crippen molar-refractivity contribution in [1.82, 2.24) is 9.47 Å². The van der Waals surface area contributed by atoms with Crippen molar-refractivity contribution in [3.05, 3.63) is 30.0 Å². The standard InChI is InChI=1S/C16H23N3/c1-16(2,18(3)4)11-19-10-8-13-12-7-9-17-14(12)5-6-15(13)19/h5-6,8,10,17H,7,9,11H2,1-4H3. The Kier molecular flexibility index (Phi) is 2.82. The van der Waals surface area contributed by atoms with Gasteiger partial charge >= 0.3 is 0 Å². The van der Waals surface area contributed by atoms with Crippen LogP contribution in [0.15, 0.2) is 24.4 Å². The minimum absolute atomic E-state index is 0.156. The van der Waals surface area contributed by atoms with E-state index in [1.54, 1.807) is 0 Å². The van der Waals surface area contributed by atoms with E-state index in [0.29, 0.717) is 0 Å². The van der Waals surface area contributed by atoms with Crippen LogP contribution in [0.25, 0.3) is 10.9 Å². The van der Waals surface area contributed by atoms with Gasteiger partial charge in [0.25, 0.3) is 0 Å². The van der Waals surface area contributed by atoms with Gasteiger partial charge in [0.05, 0.1) is 0 Å². The van der Waals surface area contributed by atoms with E-state index in [4.69, 9.17) is 0 Å². The minimum Gasteiger partial charge on any atom is -0.384 e. The molecule has 0 atom stereocenters. The van der Waals surface area contributed by atoms with E-state index in [1.165, 1.54) is 22.2 Å². The number of hydrogen-bond acceptors (Lipinski definition) is 2. The summed E-state index contributed by atoms with van der Waals surface area (Å²) in [5, 5.41) is 4.86. The first-order valence-electron chi connectivity index (χ1n) is 7.01. The SMILES string of the molecule is CN(C)C(C)(C)Cn1ccc2c3c(ccc21)NCC3. The Balaban J connectivity index is 2.03. The van der Waals surface area contributed by atoms with E-state index in [-0.39, 0.29) is 5.54 Å². The molecule has 0 aliphatic carbocycles. The maximum absolute atomic E-state index is 3.45. The summed E-state index contributed by atoms with van der Waals surface area (Å²) < 4.78 is 2.38. The Morgan fingerprint density at radius 3 is 2.79 bits per heavy atom. The third-order valence-corrected chi connectivity index (χ3v) is 4.52. The van der Waals surface area contributed by atoms with Crippen molar-refractivity contribution < 1.29 is 0 Å². The minimum atomic E-state index is 0.156. The van der Waals surface area contributed by atoms with Crippen LogP contribution in [0.2, 0.25) is 0 Å². The van der Waals surface area contributed by atoms with Gasteiger partial charge in [-0.05, 0) is 58.1 Å². The van der Waals surface area contributed by atoms with Crippen LogP contribution in [0.4, 0.5) is 5.69 Å². The average Bonchev–Trinajstić information content (AvgIpc) is 2.94. The van der Waals surface area contributed by atoms with Gasteiger partial charge in [-0.15, -0.1) is 0 Å². The zero-order valence-electron chi connectivity index (χ0n) is 12.3. The summed E-state index contributed by atoms with van der Waals surface area (Å²) in [7, 11) is 4.29. The number of aromatic nitrogens is 1. The van der Waals surface area contributed by atoms with Crippen molar-refractivity contribution in [2.75, 3.05) is 26.0 Å². The second-order valence-electron chi connectivity index (χ2n) is 6.35. The number of fused-ring (bicyclic) bond motifs is 3. The fourth-order valence-electron chi connectivity index (χ4n) is 2.79. The fourth-order valence-corrected chi connectivity index (χ4v) is 2.79. The average molecular weight is 257 g/mol. The van der Waals surface area contributed by atoms with Crippen molar-refractivity contribution in [3.63, 3.8) is 0 Å². The van der Waals surface area contributed by atoms with Gasteiger partial charge < -0.3 is 14.8 Å². The first kappa shape index (κ1) is 12.5. The molecule has 19 heavy (non-hydrogen) atoms. The van der Waals surface area contributed by atoms with Crippen molar-refractivity contribution in [2.45, 2.75) is 32.4 Å². The number of anilines is 1. The lowest BCUT2D eigenvalue weighted by Gasteiger charge is -2.33. The molecule has 3 heteroatoms. The molecule has 3 nitrogen and oxygen atoms in total. The largest absolute Gasteiger partial charge is 0.384 e. The van der Waals surface area contributed by atoms with E-state index in [1.807, 2.05) is 0 Å². The van der Waals surface area contributed by atoms with Crippen LogP contribution in [-0.4, -0.2) is 35.6 Å². The lowest BCUT2D eigenvalue weighted by atomic mass is 10.0. The van der Waals surface area contributed by atoms with Gasteiger partial charge in [-0.3, -0.25) is 0 Å². The zero-order valence-corrected chi connectivity index (χ0v) is 12.3. The molecule has 0 saturated heterocycles. The van der Waals surface area contributed by atoms with E-state index >= 15 is 0 Å². The highest BCUT2D eigenvalue weighted by molar-refractivity contribution is 5.89. The number of rotatable bonds is 3. The molecule has 0 unspecified atom stereocenters. The van der Waals surface area contributed by atoms with Gasteiger partial charge in [-0.25, -0.2) is 0 Å². The van der Waals surface area contributed by atoms with Crippen LogP contribution in [0, 0.1) is 0 Å². The Bertz CT molecular complexity index is 608. The second-order valence-corrected chi connectivity index (χ2v) is 6.35. The van der Waals surface area contributed by atoms with Crippen LogP contribution in [0.5, 0.6) is 0 Å². The van der Waals surface area contributed by atoms with Gasteiger partial charge in [0.2, 0.25) is 0 Å². The first-order chi connectivity index (χ1) is 8.99. The molecule has 0 fully saturated rings. The predicted octanol–water partition coefficient (Wildman–Crippen LogP) is 2.95. The van der Waals surface area contributed by atoms with Gasteiger partial charge in [-0.2, -0.15) is 0 Å². The molecule has 1 aliphatic heterocycles. The predicted molar refractivity (Wildman–Crippen MR) is 81.9 cm³/mol. The van der Waals surface area contributed by atoms with Gasteiger partial charge in [-0.1, -0.05) is 0 Å². The summed E-state index contributed by atoms with van der Waals surface area (Å²) in [5.41, 5.74) is 4.32. The van der Waals surface area contributed by atoms with Crippen LogP contribution in [0.3, 0.4) is 0 Å². The summed E-state index contributed by atoms with van der Waals surface area (Å²) in [6.07, 6.45) is 3.38. The Morgan fingerprint density at radius 1 is 1.26 bits per heavy atom. The smallest absolute Gasteiger partial charge is 0.0485 e. The summed E-state index contributed by atoms with van der Waals surface area (Å²) in [6.45, 7) is 6.65. The molecule has 102 valence electrons. The summed E-state index contributed by atoms with van der Waals surface area (Å²) in [6, 6.07) is 6.74. The molecule has 1 N–H and O–H groups in total. The molecule has 2 aromatic rings. The molecule has 0 spiro atoms. The molecule has 0 bridgehead atoms. The maximum atomic E-state index is 3.45. The topological polar surface area (TPSA) is 20.2 Å². The molecule has 0 amide bonds. The Hall–Kier alpha value is -1.48. The van der Waals surface area contributed by atoms with E-state index in [0.717, 1.165) is 19.5 Å². The normalized spacial score (nSPS) is 15.0. The lowest BCUT2D eigenvalue weighted by Crippen LogP contribution is -2.41.